The number of morpholine rings is 1. The van der Waals surface area contributed by atoms with E-state index in [9.17, 15) is 0 Å². The molecule has 0 saturated carbocycles. The van der Waals surface area contributed by atoms with Crippen molar-refractivity contribution in [2.75, 3.05) is 95.6 Å². The van der Waals surface area contributed by atoms with Crippen LogP contribution in [0.2, 0.25) is 0 Å². The van der Waals surface area contributed by atoms with Crippen LogP contribution in [0.4, 0.5) is 17.8 Å². The van der Waals surface area contributed by atoms with Crippen molar-refractivity contribution in [3.05, 3.63) is 23.8 Å². The van der Waals surface area contributed by atoms with Gasteiger partial charge in [-0.25, -0.2) is 0 Å². The van der Waals surface area contributed by atoms with E-state index in [-0.39, 0.29) is 0 Å². The van der Waals surface area contributed by atoms with Crippen LogP contribution in [0, 0.1) is 0 Å². The normalized spacial score (nSPS) is 13.6. The van der Waals surface area contributed by atoms with Crippen LogP contribution in [-0.4, -0.2) is 95.0 Å². The largest absolute Gasteiger partial charge is 0.497 e. The van der Waals surface area contributed by atoms with Gasteiger partial charge < -0.3 is 45.0 Å². The number of nitrogens with two attached hydrogens (primary N) is 1. The molecule has 0 spiro atoms. The summed E-state index contributed by atoms with van der Waals surface area (Å²) in [6.45, 7) is 6.34. The predicted octanol–water partition coefficient (Wildman–Crippen LogP) is 0.741. The molecule has 1 aliphatic heterocycles. The highest BCUT2D eigenvalue weighted by Crippen LogP contribution is 2.23. The summed E-state index contributed by atoms with van der Waals surface area (Å²) < 4.78 is 27.0. The number of rotatable bonds is 15. The van der Waals surface area contributed by atoms with E-state index < -0.39 is 0 Å². The van der Waals surface area contributed by atoms with Crippen LogP contribution in [0.15, 0.2) is 18.2 Å². The van der Waals surface area contributed by atoms with Gasteiger partial charge in [-0.2, -0.15) is 15.0 Å². The molecule has 4 N–H and O–H groups in total. The van der Waals surface area contributed by atoms with E-state index in [0.717, 1.165) is 30.2 Å². The number of hydrogen-bond acceptors (Lipinski definition) is 12. The zero-order valence-corrected chi connectivity index (χ0v) is 19.9. The van der Waals surface area contributed by atoms with Gasteiger partial charge in [0.05, 0.1) is 53.9 Å². The van der Waals surface area contributed by atoms with Crippen molar-refractivity contribution in [1.29, 1.82) is 0 Å². The minimum Gasteiger partial charge on any atom is -0.497 e. The van der Waals surface area contributed by atoms with Gasteiger partial charge in [0.1, 0.15) is 11.5 Å². The van der Waals surface area contributed by atoms with Crippen molar-refractivity contribution in [3.63, 3.8) is 0 Å². The van der Waals surface area contributed by atoms with E-state index in [1.165, 1.54) is 0 Å². The van der Waals surface area contributed by atoms with E-state index in [4.69, 9.17) is 29.4 Å². The van der Waals surface area contributed by atoms with Crippen LogP contribution in [0.25, 0.3) is 0 Å². The molecule has 12 heteroatoms. The molecule has 1 aromatic carbocycles. The number of methoxy groups -OCH3 is 2. The molecule has 2 aromatic rings. The Balaban J connectivity index is 1.62. The molecule has 1 aromatic heterocycles. The Labute approximate surface area is 200 Å². The molecule has 0 amide bonds. The molecule has 1 saturated heterocycles. The van der Waals surface area contributed by atoms with Gasteiger partial charge in [0.15, 0.2) is 0 Å². The minimum atomic E-state index is 0.469. The van der Waals surface area contributed by atoms with Crippen LogP contribution in [0.3, 0.4) is 0 Å². The quantitative estimate of drug-likeness (QED) is 0.312. The molecular weight excluding hydrogens is 442 g/mol. The molecule has 3 rings (SSSR count). The summed E-state index contributed by atoms with van der Waals surface area (Å²) in [4.78, 5) is 15.8. The highest BCUT2D eigenvalue weighted by atomic mass is 16.5. The molecule has 12 nitrogen and oxygen atoms in total. The van der Waals surface area contributed by atoms with Crippen LogP contribution in [0.1, 0.15) is 5.56 Å². The third-order valence-electron chi connectivity index (χ3n) is 4.94. The molecule has 1 fully saturated rings. The van der Waals surface area contributed by atoms with Crippen molar-refractivity contribution in [2.24, 2.45) is 5.73 Å². The van der Waals surface area contributed by atoms with Gasteiger partial charge in [0.2, 0.25) is 17.8 Å². The number of benzene rings is 1. The predicted molar refractivity (Wildman–Crippen MR) is 129 cm³/mol. The lowest BCUT2D eigenvalue weighted by Crippen LogP contribution is -2.37. The standard InChI is InChI=1S/C22H35N7O5/c1-30-18-13-17(14-19(15-18)31-2)16-25-21-26-20(24-4-8-33-12-11-32-7-3-23)27-22(28-21)29-5-9-34-10-6-29/h13-15H,3-12,16,23H2,1-2H3,(H2,24,25,26,27,28). The number of anilines is 3. The SMILES string of the molecule is COc1cc(CNc2nc(NCCOCCOCCN)nc(N3CCOCC3)n2)cc(OC)c1. The Morgan fingerprint density at radius 3 is 2.18 bits per heavy atom. The second-order valence-electron chi connectivity index (χ2n) is 7.40. The number of ether oxygens (including phenoxy) is 5. The lowest BCUT2D eigenvalue weighted by molar-refractivity contribution is 0.0547. The average molecular weight is 478 g/mol. The lowest BCUT2D eigenvalue weighted by atomic mass is 10.2. The van der Waals surface area contributed by atoms with Crippen molar-refractivity contribution >= 4 is 17.8 Å². The second-order valence-corrected chi connectivity index (χ2v) is 7.40. The van der Waals surface area contributed by atoms with Gasteiger partial charge in [0.25, 0.3) is 0 Å². The van der Waals surface area contributed by atoms with Gasteiger partial charge in [-0.05, 0) is 17.7 Å². The summed E-state index contributed by atoms with van der Waals surface area (Å²) in [6.07, 6.45) is 0. The first kappa shape index (κ1) is 25.7. The smallest absolute Gasteiger partial charge is 0.232 e. The summed E-state index contributed by atoms with van der Waals surface area (Å²) in [5.41, 5.74) is 6.37. The van der Waals surface area contributed by atoms with E-state index in [2.05, 4.69) is 30.5 Å². The Bertz CT molecular complexity index is 845. The molecule has 0 bridgehead atoms. The third kappa shape index (κ3) is 8.45. The Morgan fingerprint density at radius 2 is 1.53 bits per heavy atom. The molecule has 1 aliphatic rings. The second kappa shape index (κ2) is 14.4. The molecule has 188 valence electrons. The maximum Gasteiger partial charge on any atom is 0.232 e. The Hall–Kier alpha value is -2.93. The number of nitrogens with zero attached hydrogens (tertiary/aromatic N) is 4. The summed E-state index contributed by atoms with van der Waals surface area (Å²) >= 11 is 0. The Kier molecular flexibility index (Phi) is 10.8. The first-order chi connectivity index (χ1) is 16.7. The van der Waals surface area contributed by atoms with E-state index in [1.807, 2.05) is 18.2 Å². The highest BCUT2D eigenvalue weighted by Gasteiger charge is 2.16. The molecular formula is C22H35N7O5. The zero-order valence-electron chi connectivity index (χ0n) is 19.9. The highest BCUT2D eigenvalue weighted by molar-refractivity contribution is 5.45. The minimum absolute atomic E-state index is 0.469. The Morgan fingerprint density at radius 1 is 0.882 bits per heavy atom. The van der Waals surface area contributed by atoms with Gasteiger partial charge in [-0.3, -0.25) is 0 Å². The monoisotopic (exact) mass is 477 g/mol. The fourth-order valence-corrected chi connectivity index (χ4v) is 3.22. The first-order valence-electron chi connectivity index (χ1n) is 11.4. The van der Waals surface area contributed by atoms with Gasteiger partial charge >= 0.3 is 0 Å². The summed E-state index contributed by atoms with van der Waals surface area (Å²) in [7, 11) is 3.25. The maximum atomic E-state index is 5.56. The van der Waals surface area contributed by atoms with E-state index in [1.54, 1.807) is 14.2 Å². The van der Waals surface area contributed by atoms with Crippen molar-refractivity contribution < 1.29 is 23.7 Å². The van der Waals surface area contributed by atoms with Crippen LogP contribution in [-0.2, 0) is 20.8 Å². The van der Waals surface area contributed by atoms with E-state index >= 15 is 0 Å². The molecule has 0 atom stereocenters. The van der Waals surface area contributed by atoms with Crippen LogP contribution >= 0.6 is 0 Å². The summed E-state index contributed by atoms with van der Waals surface area (Å²) in [6, 6.07) is 5.71. The first-order valence-corrected chi connectivity index (χ1v) is 11.4. The summed E-state index contributed by atoms with van der Waals surface area (Å²) in [5, 5.41) is 6.50. The lowest BCUT2D eigenvalue weighted by Gasteiger charge is -2.27. The number of aromatic nitrogens is 3. The fraction of sp³-hybridized carbons (Fsp3) is 0.591. The summed E-state index contributed by atoms with van der Waals surface area (Å²) in [5.74, 6) is 2.98. The number of nitrogens with one attached hydrogen (secondary N) is 2. The van der Waals surface area contributed by atoms with Crippen molar-refractivity contribution in [3.8, 4) is 11.5 Å². The van der Waals surface area contributed by atoms with E-state index in [0.29, 0.717) is 77.1 Å². The van der Waals surface area contributed by atoms with Crippen LogP contribution < -0.4 is 30.7 Å². The van der Waals surface area contributed by atoms with Gasteiger partial charge in [-0.1, -0.05) is 0 Å². The number of hydrogen-bond donors (Lipinski definition) is 3. The molecule has 0 radical (unpaired) electrons. The van der Waals surface area contributed by atoms with Gasteiger partial charge in [0, 0.05) is 38.8 Å². The third-order valence-corrected chi connectivity index (χ3v) is 4.94. The average Bonchev–Trinajstić information content (AvgIpc) is 2.89. The van der Waals surface area contributed by atoms with Crippen molar-refractivity contribution in [1.82, 2.24) is 15.0 Å². The molecule has 2 heterocycles. The maximum absolute atomic E-state index is 5.56. The van der Waals surface area contributed by atoms with Crippen molar-refractivity contribution in [2.45, 2.75) is 6.54 Å². The topological polar surface area (TPSA) is 138 Å². The van der Waals surface area contributed by atoms with Gasteiger partial charge in [-0.15, -0.1) is 0 Å². The molecule has 0 unspecified atom stereocenters. The molecule has 0 aliphatic carbocycles. The fourth-order valence-electron chi connectivity index (χ4n) is 3.22. The zero-order chi connectivity index (χ0) is 24.0. The van der Waals surface area contributed by atoms with Crippen LogP contribution in [0.5, 0.6) is 11.5 Å². The molecule has 34 heavy (non-hydrogen) atoms.